The minimum atomic E-state index is -3.24. The molecule has 21 heavy (non-hydrogen) atoms. The summed E-state index contributed by atoms with van der Waals surface area (Å²) in [7, 11) is -1.64. The third-order valence-corrected chi connectivity index (χ3v) is 4.25. The van der Waals surface area contributed by atoms with Crippen LogP contribution in [0.3, 0.4) is 0 Å². The monoisotopic (exact) mass is 315 g/mol. The summed E-state index contributed by atoms with van der Waals surface area (Å²) < 4.78 is 30.7. The Balaban J connectivity index is 2.11. The number of aromatic nitrogens is 1. The summed E-state index contributed by atoms with van der Waals surface area (Å²) in [6, 6.07) is 4.94. The van der Waals surface area contributed by atoms with Gasteiger partial charge in [0.25, 0.3) is 0 Å². The molecule has 0 amide bonds. The second-order valence-electron chi connectivity index (χ2n) is 5.30. The van der Waals surface area contributed by atoms with E-state index < -0.39 is 10.0 Å². The maximum Gasteiger partial charge on any atom is 0.212 e. The van der Waals surface area contributed by atoms with E-state index in [-0.39, 0.29) is 17.8 Å². The fourth-order valence-electron chi connectivity index (χ4n) is 2.64. The summed E-state index contributed by atoms with van der Waals surface area (Å²) in [5.41, 5.74) is 0. The summed E-state index contributed by atoms with van der Waals surface area (Å²) >= 11 is 0. The van der Waals surface area contributed by atoms with E-state index in [0.29, 0.717) is 31.9 Å². The zero-order valence-electron chi connectivity index (χ0n) is 12.2. The molecule has 1 saturated heterocycles. The normalized spacial score (nSPS) is 23.2. The van der Waals surface area contributed by atoms with Gasteiger partial charge in [0.15, 0.2) is 0 Å². The number of nitrogens with one attached hydrogen (secondary N) is 1. The van der Waals surface area contributed by atoms with Gasteiger partial charge in [0.1, 0.15) is 5.82 Å². The molecule has 8 heteroatoms. The van der Waals surface area contributed by atoms with Crippen molar-refractivity contribution in [3.63, 3.8) is 0 Å². The van der Waals surface area contributed by atoms with Gasteiger partial charge in [-0.05, 0) is 12.5 Å². The molecule has 118 valence electrons. The van der Waals surface area contributed by atoms with E-state index in [1.165, 1.54) is 12.3 Å². The second-order valence-corrected chi connectivity index (χ2v) is 7.08. The Morgan fingerprint density at radius 1 is 1.52 bits per heavy atom. The molecule has 2 N–H and O–H groups in total. The van der Waals surface area contributed by atoms with Crippen molar-refractivity contribution < 1.29 is 18.3 Å². The maximum absolute atomic E-state index is 11.4. The average molecular weight is 315 g/mol. The number of aromatic hydroxyl groups is 1. The van der Waals surface area contributed by atoms with Crippen molar-refractivity contribution in [3.8, 4) is 5.88 Å². The van der Waals surface area contributed by atoms with Crippen molar-refractivity contribution in [2.24, 2.45) is 5.92 Å². The van der Waals surface area contributed by atoms with Crippen LogP contribution in [0.4, 0.5) is 5.82 Å². The number of rotatable bonds is 5. The summed E-state index contributed by atoms with van der Waals surface area (Å²) in [5.74, 6) is 0.698. The fourth-order valence-corrected chi connectivity index (χ4v) is 3.50. The molecule has 0 radical (unpaired) electrons. The van der Waals surface area contributed by atoms with Crippen LogP contribution in [0.25, 0.3) is 0 Å². The molecule has 2 heterocycles. The first kappa shape index (κ1) is 16.0. The van der Waals surface area contributed by atoms with E-state index in [2.05, 4.69) is 9.71 Å². The SMILES string of the molecule is COCC1CN(c2cccc(O)n2)CCC1NS(C)(=O)=O. The van der Waals surface area contributed by atoms with E-state index in [0.717, 1.165) is 0 Å². The summed E-state index contributed by atoms with van der Waals surface area (Å²) in [4.78, 5) is 6.12. The van der Waals surface area contributed by atoms with Crippen molar-refractivity contribution in [3.05, 3.63) is 18.2 Å². The number of piperidine rings is 1. The molecule has 0 bridgehead atoms. The molecule has 0 aliphatic carbocycles. The fraction of sp³-hybridized carbons (Fsp3) is 0.615. The summed E-state index contributed by atoms with van der Waals surface area (Å²) in [6.45, 7) is 1.75. The van der Waals surface area contributed by atoms with E-state index in [9.17, 15) is 13.5 Å². The topological polar surface area (TPSA) is 91.8 Å². The Bertz CT molecular complexity index is 579. The largest absolute Gasteiger partial charge is 0.493 e. The second kappa shape index (κ2) is 6.59. The van der Waals surface area contributed by atoms with Crippen LogP contribution in [-0.2, 0) is 14.8 Å². The Morgan fingerprint density at radius 2 is 2.29 bits per heavy atom. The van der Waals surface area contributed by atoms with Gasteiger partial charge < -0.3 is 14.7 Å². The van der Waals surface area contributed by atoms with Gasteiger partial charge in [-0.3, -0.25) is 0 Å². The van der Waals surface area contributed by atoms with Crippen molar-refractivity contribution >= 4 is 15.8 Å². The lowest BCUT2D eigenvalue weighted by atomic mass is 9.93. The average Bonchev–Trinajstić information content (AvgIpc) is 2.39. The van der Waals surface area contributed by atoms with Crippen molar-refractivity contribution in [1.29, 1.82) is 0 Å². The van der Waals surface area contributed by atoms with Crippen LogP contribution in [-0.4, -0.2) is 57.6 Å². The van der Waals surface area contributed by atoms with E-state index in [1.807, 2.05) is 11.0 Å². The van der Waals surface area contributed by atoms with Gasteiger partial charge in [-0.1, -0.05) is 6.07 Å². The predicted molar refractivity (Wildman–Crippen MR) is 79.9 cm³/mol. The Labute approximate surface area is 125 Å². The Hall–Kier alpha value is -1.38. The summed E-state index contributed by atoms with van der Waals surface area (Å²) in [5, 5.41) is 9.46. The number of anilines is 1. The van der Waals surface area contributed by atoms with Gasteiger partial charge in [0, 0.05) is 38.2 Å². The quantitative estimate of drug-likeness (QED) is 0.805. The van der Waals surface area contributed by atoms with Crippen LogP contribution in [0.5, 0.6) is 5.88 Å². The van der Waals surface area contributed by atoms with Gasteiger partial charge in [-0.25, -0.2) is 13.1 Å². The van der Waals surface area contributed by atoms with Crippen molar-refractivity contribution in [1.82, 2.24) is 9.71 Å². The third-order valence-electron chi connectivity index (χ3n) is 3.52. The molecule has 7 nitrogen and oxygen atoms in total. The zero-order chi connectivity index (χ0) is 15.5. The molecular formula is C13H21N3O4S. The van der Waals surface area contributed by atoms with Gasteiger partial charge in [-0.15, -0.1) is 0 Å². The van der Waals surface area contributed by atoms with Crippen molar-refractivity contribution in [2.45, 2.75) is 12.5 Å². The first-order valence-corrected chi connectivity index (χ1v) is 8.65. The first-order chi connectivity index (χ1) is 9.89. The molecule has 0 aromatic carbocycles. The zero-order valence-corrected chi connectivity index (χ0v) is 13.0. The molecule has 0 spiro atoms. The number of sulfonamides is 1. The first-order valence-electron chi connectivity index (χ1n) is 6.76. The van der Waals surface area contributed by atoms with Crippen LogP contribution < -0.4 is 9.62 Å². The lowest BCUT2D eigenvalue weighted by molar-refractivity contribution is 0.128. The Kier molecular flexibility index (Phi) is 5.02. The third kappa shape index (κ3) is 4.55. The number of hydrogen-bond donors (Lipinski definition) is 2. The van der Waals surface area contributed by atoms with Crippen LogP contribution in [0.2, 0.25) is 0 Å². The number of hydrogen-bond acceptors (Lipinski definition) is 6. The molecule has 1 aromatic heterocycles. The number of nitrogens with zero attached hydrogens (tertiary/aromatic N) is 2. The number of ether oxygens (including phenoxy) is 1. The van der Waals surface area contributed by atoms with Crippen molar-refractivity contribution in [2.75, 3.05) is 38.0 Å². The summed E-state index contributed by atoms with van der Waals surface area (Å²) in [6.07, 6.45) is 1.83. The molecule has 1 aliphatic rings. The van der Waals surface area contributed by atoms with Gasteiger partial charge in [0.2, 0.25) is 15.9 Å². The molecule has 2 rings (SSSR count). The van der Waals surface area contributed by atoms with E-state index >= 15 is 0 Å². The van der Waals surface area contributed by atoms with Gasteiger partial charge in [-0.2, -0.15) is 4.98 Å². The van der Waals surface area contributed by atoms with Crippen LogP contribution in [0, 0.1) is 5.92 Å². The Morgan fingerprint density at radius 3 is 2.90 bits per heavy atom. The highest BCUT2D eigenvalue weighted by atomic mass is 32.2. The molecular weight excluding hydrogens is 294 g/mol. The highest BCUT2D eigenvalue weighted by Crippen LogP contribution is 2.24. The highest BCUT2D eigenvalue weighted by molar-refractivity contribution is 7.88. The van der Waals surface area contributed by atoms with Crippen LogP contribution in [0.15, 0.2) is 18.2 Å². The predicted octanol–water partition coefficient (Wildman–Crippen LogP) is 0.178. The number of pyridine rings is 1. The minimum absolute atomic E-state index is 0.0211. The van der Waals surface area contributed by atoms with Crippen LogP contribution in [0.1, 0.15) is 6.42 Å². The van der Waals surface area contributed by atoms with Gasteiger partial charge in [0.05, 0.1) is 12.9 Å². The molecule has 0 saturated carbocycles. The smallest absolute Gasteiger partial charge is 0.212 e. The molecule has 1 aromatic rings. The lowest BCUT2D eigenvalue weighted by Crippen LogP contribution is -2.52. The molecule has 2 atom stereocenters. The van der Waals surface area contributed by atoms with Crippen LogP contribution >= 0.6 is 0 Å². The lowest BCUT2D eigenvalue weighted by Gasteiger charge is -2.38. The molecule has 1 fully saturated rings. The maximum atomic E-state index is 11.4. The van der Waals surface area contributed by atoms with E-state index in [4.69, 9.17) is 4.74 Å². The standard InChI is InChI=1S/C13H21N3O4S/c1-20-9-10-8-16(12-4-3-5-13(17)14-12)7-6-11(10)15-21(2,18)19/h3-5,10-11,15H,6-9H2,1-2H3,(H,14,17). The minimum Gasteiger partial charge on any atom is -0.493 e. The highest BCUT2D eigenvalue weighted by Gasteiger charge is 2.31. The van der Waals surface area contributed by atoms with Gasteiger partial charge >= 0.3 is 0 Å². The van der Waals surface area contributed by atoms with E-state index in [1.54, 1.807) is 13.2 Å². The molecule has 2 unspecified atom stereocenters. The number of methoxy groups -OCH3 is 1. The molecule has 1 aliphatic heterocycles.